The van der Waals surface area contributed by atoms with Gasteiger partial charge in [-0.15, -0.1) is 0 Å². The SMILES string of the molecule is Cc1ccc(-c2noc(Cn3cncn3)n2)cc1NC(=O)c1cnc2ccccn12. The number of nitrogens with zero attached hydrogens (tertiary/aromatic N) is 7. The summed E-state index contributed by atoms with van der Waals surface area (Å²) in [6.07, 6.45) is 6.37. The van der Waals surface area contributed by atoms with Crippen molar-refractivity contribution in [2.45, 2.75) is 13.5 Å². The summed E-state index contributed by atoms with van der Waals surface area (Å²) in [5.41, 5.74) is 3.45. The van der Waals surface area contributed by atoms with Crippen molar-refractivity contribution in [1.82, 2.24) is 34.3 Å². The lowest BCUT2D eigenvalue weighted by molar-refractivity contribution is 0.102. The Labute approximate surface area is 170 Å². The van der Waals surface area contributed by atoms with Crippen molar-refractivity contribution in [2.75, 3.05) is 5.32 Å². The molecule has 4 heterocycles. The molecule has 0 atom stereocenters. The molecule has 1 aromatic carbocycles. The van der Waals surface area contributed by atoms with Gasteiger partial charge in [0.1, 0.15) is 30.5 Å². The van der Waals surface area contributed by atoms with E-state index in [4.69, 9.17) is 4.52 Å². The fraction of sp³-hybridized carbons (Fsp3) is 0.100. The highest BCUT2D eigenvalue weighted by Crippen LogP contribution is 2.24. The first kappa shape index (κ1) is 17.7. The van der Waals surface area contributed by atoms with Gasteiger partial charge in [-0.2, -0.15) is 10.1 Å². The number of amides is 1. The molecule has 0 aliphatic rings. The summed E-state index contributed by atoms with van der Waals surface area (Å²) in [5.74, 6) is 0.580. The molecule has 0 unspecified atom stereocenters. The molecule has 4 aromatic heterocycles. The summed E-state index contributed by atoms with van der Waals surface area (Å²) >= 11 is 0. The average Bonchev–Trinajstić information content (AvgIpc) is 3.50. The Kier molecular flexibility index (Phi) is 4.28. The first-order valence-corrected chi connectivity index (χ1v) is 9.17. The number of carbonyl (C=O) groups is 1. The van der Waals surface area contributed by atoms with Crippen LogP contribution in [0.25, 0.3) is 17.0 Å². The molecular weight excluding hydrogens is 384 g/mol. The highest BCUT2D eigenvalue weighted by Gasteiger charge is 2.15. The van der Waals surface area contributed by atoms with E-state index in [1.165, 1.54) is 6.33 Å². The lowest BCUT2D eigenvalue weighted by Crippen LogP contribution is -2.15. The Bertz CT molecular complexity index is 1340. The van der Waals surface area contributed by atoms with Crippen molar-refractivity contribution >= 4 is 17.2 Å². The van der Waals surface area contributed by atoms with Crippen LogP contribution in [0.5, 0.6) is 0 Å². The van der Waals surface area contributed by atoms with Gasteiger partial charge in [0, 0.05) is 17.4 Å². The molecule has 0 spiro atoms. The van der Waals surface area contributed by atoms with Crippen LogP contribution < -0.4 is 5.32 Å². The lowest BCUT2D eigenvalue weighted by Gasteiger charge is -2.09. The molecule has 0 radical (unpaired) electrons. The number of nitrogens with one attached hydrogen (secondary N) is 1. The van der Waals surface area contributed by atoms with E-state index in [1.54, 1.807) is 27.8 Å². The summed E-state index contributed by atoms with van der Waals surface area (Å²) in [6.45, 7) is 2.25. The van der Waals surface area contributed by atoms with Crippen molar-refractivity contribution < 1.29 is 9.32 Å². The van der Waals surface area contributed by atoms with Gasteiger partial charge >= 0.3 is 0 Å². The van der Waals surface area contributed by atoms with Crippen LogP contribution in [0.15, 0.2) is 66.0 Å². The molecule has 0 bridgehead atoms. The molecule has 5 aromatic rings. The van der Waals surface area contributed by atoms with Gasteiger partial charge in [-0.1, -0.05) is 23.4 Å². The Morgan fingerprint density at radius 2 is 2.17 bits per heavy atom. The third kappa shape index (κ3) is 3.30. The lowest BCUT2D eigenvalue weighted by atomic mass is 10.1. The van der Waals surface area contributed by atoms with Gasteiger partial charge in [-0.25, -0.2) is 14.6 Å². The smallest absolute Gasteiger partial charge is 0.274 e. The molecule has 5 rings (SSSR count). The maximum Gasteiger partial charge on any atom is 0.274 e. The van der Waals surface area contributed by atoms with Crippen LogP contribution in [0.2, 0.25) is 0 Å². The van der Waals surface area contributed by atoms with E-state index in [1.807, 2.05) is 43.3 Å². The minimum absolute atomic E-state index is 0.256. The van der Waals surface area contributed by atoms with Crippen LogP contribution in [-0.2, 0) is 6.54 Å². The van der Waals surface area contributed by atoms with Crippen molar-refractivity contribution in [2.24, 2.45) is 0 Å². The topological polar surface area (TPSA) is 116 Å². The van der Waals surface area contributed by atoms with Crippen LogP contribution in [0, 0.1) is 6.92 Å². The number of aromatic nitrogens is 7. The number of fused-ring (bicyclic) bond motifs is 1. The number of imidazole rings is 1. The first-order valence-electron chi connectivity index (χ1n) is 9.17. The summed E-state index contributed by atoms with van der Waals surface area (Å²) < 4.78 is 8.63. The largest absolute Gasteiger partial charge is 0.337 e. The van der Waals surface area contributed by atoms with Crippen LogP contribution in [0.3, 0.4) is 0 Å². The van der Waals surface area contributed by atoms with Gasteiger partial charge in [0.2, 0.25) is 11.7 Å². The van der Waals surface area contributed by atoms with Gasteiger partial charge < -0.3 is 9.84 Å². The van der Waals surface area contributed by atoms with Crippen molar-refractivity contribution in [1.29, 1.82) is 0 Å². The van der Waals surface area contributed by atoms with Gasteiger partial charge in [0.05, 0.1) is 6.20 Å². The molecule has 0 saturated carbocycles. The summed E-state index contributed by atoms with van der Waals surface area (Å²) in [6, 6.07) is 11.2. The summed E-state index contributed by atoms with van der Waals surface area (Å²) in [7, 11) is 0. The Morgan fingerprint density at radius 1 is 1.23 bits per heavy atom. The number of benzene rings is 1. The number of hydrogen-bond acceptors (Lipinski definition) is 7. The number of rotatable bonds is 5. The van der Waals surface area contributed by atoms with E-state index < -0.39 is 0 Å². The Balaban J connectivity index is 1.40. The zero-order chi connectivity index (χ0) is 20.5. The highest BCUT2D eigenvalue weighted by atomic mass is 16.5. The molecule has 1 amide bonds. The maximum absolute atomic E-state index is 12.8. The second kappa shape index (κ2) is 7.24. The average molecular weight is 400 g/mol. The van der Waals surface area contributed by atoms with E-state index in [-0.39, 0.29) is 5.91 Å². The quantitative estimate of drug-likeness (QED) is 0.482. The second-order valence-corrected chi connectivity index (χ2v) is 6.66. The molecule has 10 nitrogen and oxygen atoms in total. The van der Waals surface area contributed by atoms with E-state index in [0.717, 1.165) is 11.1 Å². The highest BCUT2D eigenvalue weighted by molar-refractivity contribution is 6.04. The monoisotopic (exact) mass is 400 g/mol. The van der Waals surface area contributed by atoms with Crippen molar-refractivity contribution in [3.8, 4) is 11.4 Å². The van der Waals surface area contributed by atoms with E-state index >= 15 is 0 Å². The molecule has 30 heavy (non-hydrogen) atoms. The van der Waals surface area contributed by atoms with E-state index in [9.17, 15) is 4.79 Å². The van der Waals surface area contributed by atoms with Crippen LogP contribution >= 0.6 is 0 Å². The van der Waals surface area contributed by atoms with Crippen molar-refractivity contribution in [3.05, 3.63) is 78.6 Å². The van der Waals surface area contributed by atoms with Gasteiger partial charge in [-0.05, 0) is 30.7 Å². The number of anilines is 1. The second-order valence-electron chi connectivity index (χ2n) is 6.66. The molecule has 1 N–H and O–H groups in total. The predicted octanol–water partition coefficient (Wildman–Crippen LogP) is 2.58. The minimum atomic E-state index is -0.256. The fourth-order valence-electron chi connectivity index (χ4n) is 3.07. The number of aryl methyl sites for hydroxylation is 1. The zero-order valence-corrected chi connectivity index (χ0v) is 15.9. The van der Waals surface area contributed by atoms with Crippen LogP contribution in [-0.4, -0.2) is 40.2 Å². The predicted molar refractivity (Wildman–Crippen MR) is 107 cm³/mol. The molecule has 0 aliphatic heterocycles. The molecular formula is C20H16N8O2. The zero-order valence-electron chi connectivity index (χ0n) is 15.9. The third-order valence-electron chi connectivity index (χ3n) is 4.63. The molecule has 0 saturated heterocycles. The normalized spacial score (nSPS) is 11.1. The minimum Gasteiger partial charge on any atom is -0.337 e. The number of hydrogen-bond donors (Lipinski definition) is 1. The third-order valence-corrected chi connectivity index (χ3v) is 4.63. The summed E-state index contributed by atoms with van der Waals surface area (Å²) in [5, 5.41) is 11.0. The van der Waals surface area contributed by atoms with Gasteiger partial charge in [0.25, 0.3) is 5.91 Å². The van der Waals surface area contributed by atoms with Crippen LogP contribution in [0.4, 0.5) is 5.69 Å². The number of pyridine rings is 1. The fourth-order valence-corrected chi connectivity index (χ4v) is 3.07. The number of carbonyl (C=O) groups excluding carboxylic acids is 1. The standard InChI is InChI=1S/C20H16N8O2/c1-13-5-6-14(19-25-18(30-26-19)10-27-12-21-11-23-27)8-15(13)24-20(29)16-9-22-17-4-2-3-7-28(16)17/h2-9,11-12H,10H2,1H3,(H,24,29). The summed E-state index contributed by atoms with van der Waals surface area (Å²) in [4.78, 5) is 25.4. The Hall–Kier alpha value is -4.34. The maximum atomic E-state index is 12.8. The molecule has 0 aliphatic carbocycles. The molecule has 10 heteroatoms. The van der Waals surface area contributed by atoms with Crippen LogP contribution in [0.1, 0.15) is 21.9 Å². The first-order chi connectivity index (χ1) is 14.7. The van der Waals surface area contributed by atoms with Crippen molar-refractivity contribution in [3.63, 3.8) is 0 Å². The van der Waals surface area contributed by atoms with E-state index in [0.29, 0.717) is 35.3 Å². The Morgan fingerprint density at radius 3 is 3.03 bits per heavy atom. The van der Waals surface area contributed by atoms with Gasteiger partial charge in [0.15, 0.2) is 0 Å². The van der Waals surface area contributed by atoms with E-state index in [2.05, 4.69) is 30.5 Å². The molecule has 0 fully saturated rings. The molecule has 148 valence electrons. The van der Waals surface area contributed by atoms with Gasteiger partial charge in [-0.3, -0.25) is 9.20 Å².